The molecule has 5 nitrogen and oxygen atoms in total. The van der Waals surface area contributed by atoms with Gasteiger partial charge in [0.25, 0.3) is 0 Å². The molecule has 0 bridgehead atoms. The number of carbonyl (C=O) groups excluding carboxylic acids is 1. The van der Waals surface area contributed by atoms with E-state index < -0.39 is 0 Å². The Labute approximate surface area is 166 Å². The number of hydrogen-bond donors (Lipinski definition) is 2. The average Bonchev–Trinajstić information content (AvgIpc) is 2.61. The Morgan fingerprint density at radius 3 is 1.71 bits per heavy atom. The van der Waals surface area contributed by atoms with Crippen molar-refractivity contribution in [3.8, 4) is 0 Å². The highest BCUT2D eigenvalue weighted by molar-refractivity contribution is 5.94. The minimum Gasteiger partial charge on any atom is -0.340 e. The second kappa shape index (κ2) is 7.80. The zero-order valence-electron chi connectivity index (χ0n) is 17.0. The molecule has 0 saturated heterocycles. The fourth-order valence-corrected chi connectivity index (χ4v) is 2.83. The summed E-state index contributed by atoms with van der Waals surface area (Å²) in [6.07, 6.45) is 0. The van der Waals surface area contributed by atoms with E-state index in [-0.39, 0.29) is 11.2 Å². The largest absolute Gasteiger partial charge is 0.340 e. The van der Waals surface area contributed by atoms with Crippen molar-refractivity contribution in [1.82, 2.24) is 9.97 Å². The molecule has 28 heavy (non-hydrogen) atoms. The zero-order chi connectivity index (χ0) is 20.3. The minimum absolute atomic E-state index is 0.0494. The molecule has 0 aliphatic heterocycles. The van der Waals surface area contributed by atoms with Gasteiger partial charge in [-0.25, -0.2) is 9.97 Å². The van der Waals surface area contributed by atoms with Gasteiger partial charge in [-0.1, -0.05) is 32.9 Å². The fourth-order valence-electron chi connectivity index (χ4n) is 2.83. The maximum Gasteiger partial charge on any atom is 0.159 e. The molecule has 2 aromatic carbocycles. The average molecular weight is 374 g/mol. The summed E-state index contributed by atoms with van der Waals surface area (Å²) in [4.78, 5) is 20.3. The molecule has 0 aliphatic rings. The maximum absolute atomic E-state index is 11.4. The van der Waals surface area contributed by atoms with Crippen LogP contribution in [0.5, 0.6) is 0 Å². The first-order chi connectivity index (χ1) is 13.2. The first kappa shape index (κ1) is 19.5. The molecule has 0 aliphatic carbocycles. The van der Waals surface area contributed by atoms with Gasteiger partial charge in [0.15, 0.2) is 5.78 Å². The molecule has 2 N–H and O–H groups in total. The van der Waals surface area contributed by atoms with Crippen LogP contribution in [0.4, 0.5) is 23.0 Å². The Morgan fingerprint density at radius 2 is 1.29 bits per heavy atom. The topological polar surface area (TPSA) is 66.9 Å². The molecular formula is C23H26N4O. The van der Waals surface area contributed by atoms with Crippen molar-refractivity contribution < 1.29 is 4.79 Å². The second-order valence-electron chi connectivity index (χ2n) is 7.90. The van der Waals surface area contributed by atoms with Gasteiger partial charge in [0, 0.05) is 23.0 Å². The number of aryl methyl sites for hydroxylation is 1. The number of carbonyl (C=O) groups is 1. The summed E-state index contributed by atoms with van der Waals surface area (Å²) >= 11 is 0. The third-order valence-electron chi connectivity index (χ3n) is 4.43. The highest BCUT2D eigenvalue weighted by Gasteiger charge is 2.13. The van der Waals surface area contributed by atoms with E-state index in [1.807, 2.05) is 25.1 Å². The number of benzene rings is 2. The monoisotopic (exact) mass is 374 g/mol. The normalized spacial score (nSPS) is 11.2. The van der Waals surface area contributed by atoms with Crippen LogP contribution in [-0.2, 0) is 5.41 Å². The summed E-state index contributed by atoms with van der Waals surface area (Å²) in [5.41, 5.74) is 3.93. The Kier molecular flexibility index (Phi) is 5.45. The first-order valence-electron chi connectivity index (χ1n) is 9.32. The minimum atomic E-state index is 0.0494. The van der Waals surface area contributed by atoms with Gasteiger partial charge in [0.2, 0.25) is 0 Å². The molecule has 0 fully saturated rings. The Balaban J connectivity index is 1.76. The standard InChI is InChI=1S/C23H26N4O/c1-15(28)17-6-10-19(11-7-17)26-21-14-22(25-16(2)24-21)27-20-12-8-18(9-13-20)23(3,4)5/h6-14H,1-5H3,(H2,24,25,26,27). The first-order valence-corrected chi connectivity index (χ1v) is 9.32. The molecule has 0 unspecified atom stereocenters. The lowest BCUT2D eigenvalue weighted by molar-refractivity contribution is 0.101. The van der Waals surface area contributed by atoms with Crippen LogP contribution in [0.1, 0.15) is 49.4 Å². The molecule has 0 saturated carbocycles. The van der Waals surface area contributed by atoms with Crippen molar-refractivity contribution in [1.29, 1.82) is 0 Å². The Hall–Kier alpha value is -3.21. The van der Waals surface area contributed by atoms with Crippen molar-refractivity contribution in [3.63, 3.8) is 0 Å². The van der Waals surface area contributed by atoms with Crippen LogP contribution < -0.4 is 10.6 Å². The molecule has 3 aromatic rings. The lowest BCUT2D eigenvalue weighted by atomic mass is 9.87. The van der Waals surface area contributed by atoms with Gasteiger partial charge >= 0.3 is 0 Å². The molecule has 0 atom stereocenters. The molecule has 0 spiro atoms. The summed E-state index contributed by atoms with van der Waals surface area (Å²) in [6, 6.07) is 17.6. The number of hydrogen-bond acceptors (Lipinski definition) is 5. The number of nitrogens with one attached hydrogen (secondary N) is 2. The van der Waals surface area contributed by atoms with Crippen LogP contribution in [-0.4, -0.2) is 15.8 Å². The number of nitrogens with zero attached hydrogens (tertiary/aromatic N) is 2. The molecule has 0 amide bonds. The summed E-state index contributed by atoms with van der Waals surface area (Å²) in [7, 11) is 0. The van der Waals surface area contributed by atoms with E-state index in [1.54, 1.807) is 19.1 Å². The molecule has 1 aromatic heterocycles. The number of rotatable bonds is 5. The van der Waals surface area contributed by atoms with E-state index >= 15 is 0 Å². The van der Waals surface area contributed by atoms with E-state index in [0.29, 0.717) is 17.2 Å². The number of aromatic nitrogens is 2. The van der Waals surface area contributed by atoms with Gasteiger partial charge in [-0.05, 0) is 61.2 Å². The van der Waals surface area contributed by atoms with Gasteiger partial charge in [0.05, 0.1) is 0 Å². The van der Waals surface area contributed by atoms with Gasteiger partial charge in [-0.2, -0.15) is 0 Å². The highest BCUT2D eigenvalue weighted by atomic mass is 16.1. The SMILES string of the molecule is CC(=O)c1ccc(Nc2cc(Nc3ccc(C(C)(C)C)cc3)nc(C)n2)cc1. The van der Waals surface area contributed by atoms with Gasteiger partial charge in [-0.15, -0.1) is 0 Å². The molecule has 5 heteroatoms. The van der Waals surface area contributed by atoms with Gasteiger partial charge in [0.1, 0.15) is 17.5 Å². The summed E-state index contributed by atoms with van der Waals surface area (Å²) < 4.78 is 0. The molecule has 3 rings (SSSR count). The van der Waals surface area contributed by atoms with Crippen LogP contribution in [0.15, 0.2) is 54.6 Å². The van der Waals surface area contributed by atoms with Crippen LogP contribution in [0.3, 0.4) is 0 Å². The van der Waals surface area contributed by atoms with E-state index in [4.69, 9.17) is 0 Å². The summed E-state index contributed by atoms with van der Waals surface area (Å²) in [6.45, 7) is 10.0. The maximum atomic E-state index is 11.4. The quantitative estimate of drug-likeness (QED) is 0.555. The van der Waals surface area contributed by atoms with Crippen molar-refractivity contribution >= 4 is 28.8 Å². The number of Topliss-reactive ketones (excluding diaryl/α,β-unsaturated/α-hetero) is 1. The van der Waals surface area contributed by atoms with Crippen molar-refractivity contribution in [2.75, 3.05) is 10.6 Å². The summed E-state index contributed by atoms with van der Waals surface area (Å²) in [5.74, 6) is 2.13. The second-order valence-corrected chi connectivity index (χ2v) is 7.90. The van der Waals surface area contributed by atoms with Crippen LogP contribution in [0.2, 0.25) is 0 Å². The Bertz CT molecular complexity index is 971. The number of anilines is 4. The fraction of sp³-hybridized carbons (Fsp3) is 0.261. The lowest BCUT2D eigenvalue weighted by Gasteiger charge is -2.19. The third kappa shape index (κ3) is 4.94. The molecule has 1 heterocycles. The smallest absolute Gasteiger partial charge is 0.159 e. The van der Waals surface area contributed by atoms with Crippen molar-refractivity contribution in [3.05, 3.63) is 71.5 Å². The Morgan fingerprint density at radius 1 is 0.821 bits per heavy atom. The third-order valence-corrected chi connectivity index (χ3v) is 4.43. The zero-order valence-corrected chi connectivity index (χ0v) is 17.0. The predicted molar refractivity (Wildman–Crippen MR) is 115 cm³/mol. The van der Waals surface area contributed by atoms with Crippen molar-refractivity contribution in [2.45, 2.75) is 40.0 Å². The highest BCUT2D eigenvalue weighted by Crippen LogP contribution is 2.25. The predicted octanol–water partition coefficient (Wildman–Crippen LogP) is 5.77. The van der Waals surface area contributed by atoms with Crippen LogP contribution in [0.25, 0.3) is 0 Å². The summed E-state index contributed by atoms with van der Waals surface area (Å²) in [5, 5.41) is 6.60. The van der Waals surface area contributed by atoms with Crippen LogP contribution in [0, 0.1) is 6.92 Å². The van der Waals surface area contributed by atoms with E-state index in [0.717, 1.165) is 17.2 Å². The molecule has 0 radical (unpaired) electrons. The van der Waals surface area contributed by atoms with E-state index in [9.17, 15) is 4.79 Å². The van der Waals surface area contributed by atoms with E-state index in [2.05, 4.69) is 65.6 Å². The van der Waals surface area contributed by atoms with Gasteiger partial charge < -0.3 is 10.6 Å². The molecule has 144 valence electrons. The van der Waals surface area contributed by atoms with Crippen molar-refractivity contribution in [2.24, 2.45) is 0 Å². The lowest BCUT2D eigenvalue weighted by Crippen LogP contribution is -2.10. The van der Waals surface area contributed by atoms with Gasteiger partial charge in [-0.3, -0.25) is 4.79 Å². The molecular weight excluding hydrogens is 348 g/mol. The number of ketones is 1. The van der Waals surface area contributed by atoms with Crippen LogP contribution >= 0.6 is 0 Å². The van der Waals surface area contributed by atoms with E-state index in [1.165, 1.54) is 5.56 Å².